The van der Waals surface area contributed by atoms with Gasteiger partial charge < -0.3 is 15.5 Å². The van der Waals surface area contributed by atoms with Gasteiger partial charge >= 0.3 is 18.1 Å². The fourth-order valence-electron chi connectivity index (χ4n) is 1.67. The van der Waals surface area contributed by atoms with Crippen LogP contribution in [0.15, 0.2) is 0 Å². The van der Waals surface area contributed by atoms with Crippen molar-refractivity contribution in [3.8, 4) is 0 Å². The third kappa shape index (κ3) is 2.43. The van der Waals surface area contributed by atoms with Crippen LogP contribution in [-0.2, 0) is 9.59 Å². The second-order valence-corrected chi connectivity index (χ2v) is 3.74. The average Bonchev–Trinajstić information content (AvgIpc) is 2.47. The first-order valence-corrected chi connectivity index (χ1v) is 4.48. The van der Waals surface area contributed by atoms with Crippen LogP contribution < -0.4 is 5.32 Å². The van der Waals surface area contributed by atoms with E-state index < -0.39 is 36.1 Å². The van der Waals surface area contributed by atoms with Crippen molar-refractivity contribution in [3.63, 3.8) is 0 Å². The van der Waals surface area contributed by atoms with Crippen molar-refractivity contribution in [1.29, 1.82) is 0 Å². The van der Waals surface area contributed by atoms with E-state index in [1.165, 1.54) is 5.32 Å². The van der Waals surface area contributed by atoms with Gasteiger partial charge in [-0.05, 0) is 12.8 Å². The van der Waals surface area contributed by atoms with Gasteiger partial charge in [0, 0.05) is 6.42 Å². The first-order chi connectivity index (χ1) is 7.17. The molecule has 0 aromatic carbocycles. The molecular weight excluding hydrogens is 231 g/mol. The Morgan fingerprint density at radius 3 is 2.25 bits per heavy atom. The van der Waals surface area contributed by atoms with Gasteiger partial charge in [0.15, 0.2) is 0 Å². The Morgan fingerprint density at radius 1 is 1.38 bits per heavy atom. The largest absolute Gasteiger partial charge is 0.480 e. The first-order valence-electron chi connectivity index (χ1n) is 4.48. The van der Waals surface area contributed by atoms with E-state index in [4.69, 9.17) is 10.2 Å². The summed E-state index contributed by atoms with van der Waals surface area (Å²) in [5, 5.41) is 19.4. The number of carbonyl (C=O) groups is 2. The van der Waals surface area contributed by atoms with E-state index in [2.05, 4.69) is 0 Å². The number of carboxylic acids is 1. The standard InChI is InChI=1S/C8H10F3NO4/c9-8(10,11)5(14)12-7(6(15)16)2-1-4(13)3-7/h4,13H,1-3H2,(H,12,14)(H,15,16)/t4-,7+/m0/s1. The van der Waals surface area contributed by atoms with Crippen LogP contribution >= 0.6 is 0 Å². The average molecular weight is 241 g/mol. The summed E-state index contributed by atoms with van der Waals surface area (Å²) in [5.41, 5.74) is -2.01. The van der Waals surface area contributed by atoms with E-state index in [-0.39, 0.29) is 12.8 Å². The van der Waals surface area contributed by atoms with Gasteiger partial charge in [0.1, 0.15) is 5.54 Å². The molecule has 1 aliphatic rings. The molecule has 0 aliphatic heterocycles. The molecule has 0 spiro atoms. The molecule has 0 aromatic heterocycles. The molecule has 2 atom stereocenters. The summed E-state index contributed by atoms with van der Waals surface area (Å²) in [5.74, 6) is -3.87. The minimum atomic E-state index is -5.13. The van der Waals surface area contributed by atoms with Crippen molar-refractivity contribution in [2.75, 3.05) is 0 Å². The van der Waals surface area contributed by atoms with Crippen molar-refractivity contribution in [1.82, 2.24) is 5.32 Å². The SMILES string of the molecule is O=C(N[C@]1(C(=O)O)CC[C@H](O)C1)C(F)(F)F. The van der Waals surface area contributed by atoms with Gasteiger partial charge in [-0.25, -0.2) is 4.79 Å². The van der Waals surface area contributed by atoms with E-state index in [1.807, 2.05) is 0 Å². The van der Waals surface area contributed by atoms with Crippen LogP contribution in [-0.4, -0.2) is 39.9 Å². The number of carboxylic acid groups (broad SMARTS) is 1. The Kier molecular flexibility index (Phi) is 3.13. The molecule has 0 radical (unpaired) electrons. The summed E-state index contributed by atoms with van der Waals surface area (Å²) in [6, 6.07) is 0. The smallest absolute Gasteiger partial charge is 0.471 e. The van der Waals surface area contributed by atoms with E-state index in [1.54, 1.807) is 0 Å². The van der Waals surface area contributed by atoms with Crippen molar-refractivity contribution in [2.24, 2.45) is 0 Å². The third-order valence-electron chi connectivity index (χ3n) is 2.51. The number of aliphatic hydroxyl groups is 1. The predicted octanol–water partition coefficient (Wildman–Crippen LogP) is 0.0331. The van der Waals surface area contributed by atoms with Gasteiger partial charge in [0.05, 0.1) is 6.10 Å². The molecule has 3 N–H and O–H groups in total. The van der Waals surface area contributed by atoms with Gasteiger partial charge in [-0.2, -0.15) is 13.2 Å². The summed E-state index contributed by atoms with van der Waals surface area (Å²) in [4.78, 5) is 21.5. The maximum Gasteiger partial charge on any atom is 0.471 e. The normalized spacial score (nSPS) is 30.1. The topological polar surface area (TPSA) is 86.6 Å². The lowest BCUT2D eigenvalue weighted by Gasteiger charge is -2.25. The Labute approximate surface area is 88.2 Å². The molecule has 1 aliphatic carbocycles. The lowest BCUT2D eigenvalue weighted by atomic mass is 9.97. The molecule has 1 fully saturated rings. The summed E-state index contributed by atoms with van der Waals surface area (Å²) < 4.78 is 35.9. The van der Waals surface area contributed by atoms with Gasteiger partial charge in [0.25, 0.3) is 0 Å². The van der Waals surface area contributed by atoms with E-state index in [9.17, 15) is 22.8 Å². The Balaban J connectivity index is 2.82. The number of hydrogen-bond donors (Lipinski definition) is 3. The zero-order valence-corrected chi connectivity index (χ0v) is 8.04. The van der Waals surface area contributed by atoms with Crippen LogP contribution in [0, 0.1) is 0 Å². The summed E-state index contributed by atoms with van der Waals surface area (Å²) >= 11 is 0. The number of nitrogens with one attached hydrogen (secondary N) is 1. The lowest BCUT2D eigenvalue weighted by Crippen LogP contribution is -2.56. The fourth-order valence-corrected chi connectivity index (χ4v) is 1.67. The van der Waals surface area contributed by atoms with Crippen LogP contribution in [0.3, 0.4) is 0 Å². The molecule has 1 amide bonds. The summed E-state index contributed by atoms with van der Waals surface area (Å²) in [6.45, 7) is 0. The highest BCUT2D eigenvalue weighted by molar-refractivity contribution is 5.89. The van der Waals surface area contributed by atoms with Gasteiger partial charge in [0.2, 0.25) is 0 Å². The number of hydrogen-bond acceptors (Lipinski definition) is 3. The molecule has 16 heavy (non-hydrogen) atoms. The van der Waals surface area contributed by atoms with Gasteiger partial charge in [-0.1, -0.05) is 0 Å². The fraction of sp³-hybridized carbons (Fsp3) is 0.750. The highest BCUT2D eigenvalue weighted by Gasteiger charge is 2.51. The molecular formula is C8H10F3NO4. The number of rotatable bonds is 2. The first kappa shape index (κ1) is 12.8. The van der Waals surface area contributed by atoms with Crippen molar-refractivity contribution in [2.45, 2.75) is 37.1 Å². The van der Waals surface area contributed by atoms with E-state index >= 15 is 0 Å². The number of carbonyl (C=O) groups excluding carboxylic acids is 1. The minimum absolute atomic E-state index is 0.0461. The molecule has 0 saturated heterocycles. The molecule has 0 aromatic rings. The second-order valence-electron chi connectivity index (χ2n) is 3.74. The Morgan fingerprint density at radius 2 is 1.94 bits per heavy atom. The zero-order valence-electron chi connectivity index (χ0n) is 8.04. The lowest BCUT2D eigenvalue weighted by molar-refractivity contribution is -0.177. The van der Waals surface area contributed by atoms with Gasteiger partial charge in [-0.3, -0.25) is 4.79 Å². The van der Waals surface area contributed by atoms with E-state index in [0.717, 1.165) is 0 Å². The van der Waals surface area contributed by atoms with E-state index in [0.29, 0.717) is 0 Å². The highest BCUT2D eigenvalue weighted by atomic mass is 19.4. The van der Waals surface area contributed by atoms with Crippen molar-refractivity contribution in [3.05, 3.63) is 0 Å². The van der Waals surface area contributed by atoms with Crippen LogP contribution in [0.5, 0.6) is 0 Å². The molecule has 1 rings (SSSR count). The maximum atomic E-state index is 12.0. The predicted molar refractivity (Wildman–Crippen MR) is 44.4 cm³/mol. The van der Waals surface area contributed by atoms with Crippen LogP contribution in [0.1, 0.15) is 19.3 Å². The number of halogens is 3. The summed E-state index contributed by atoms with van der Waals surface area (Å²) in [7, 11) is 0. The number of alkyl halides is 3. The van der Waals surface area contributed by atoms with Crippen LogP contribution in [0.2, 0.25) is 0 Å². The Hall–Kier alpha value is -1.31. The molecule has 1 saturated carbocycles. The monoisotopic (exact) mass is 241 g/mol. The number of amides is 1. The maximum absolute atomic E-state index is 12.0. The zero-order chi connectivity index (χ0) is 12.6. The Bertz CT molecular complexity index is 317. The van der Waals surface area contributed by atoms with Crippen LogP contribution in [0.4, 0.5) is 13.2 Å². The highest BCUT2D eigenvalue weighted by Crippen LogP contribution is 2.31. The van der Waals surface area contributed by atoms with Gasteiger partial charge in [-0.15, -0.1) is 0 Å². The number of aliphatic hydroxyl groups excluding tert-OH is 1. The second kappa shape index (κ2) is 3.93. The minimum Gasteiger partial charge on any atom is -0.480 e. The molecule has 92 valence electrons. The quantitative estimate of drug-likeness (QED) is 0.636. The molecule has 8 heteroatoms. The summed E-state index contributed by atoms with van der Waals surface area (Å²) in [6.07, 6.45) is -6.72. The molecule has 0 unspecified atom stereocenters. The molecule has 0 bridgehead atoms. The van der Waals surface area contributed by atoms with Crippen LogP contribution in [0.25, 0.3) is 0 Å². The molecule has 0 heterocycles. The van der Waals surface area contributed by atoms with Crippen molar-refractivity contribution < 1.29 is 33.0 Å². The molecule has 5 nitrogen and oxygen atoms in total. The van der Waals surface area contributed by atoms with Crippen molar-refractivity contribution >= 4 is 11.9 Å². The number of aliphatic carboxylic acids is 1. The third-order valence-corrected chi connectivity index (χ3v) is 2.51.